The Hall–Kier alpha value is -1.58. The van der Waals surface area contributed by atoms with Crippen LogP contribution in [0.2, 0.25) is 0 Å². The topological polar surface area (TPSA) is 40.9 Å². The summed E-state index contributed by atoms with van der Waals surface area (Å²) in [5, 5.41) is 7.68. The van der Waals surface area contributed by atoms with Crippen LogP contribution in [0.1, 0.15) is 24.8 Å². The lowest BCUT2D eigenvalue weighted by atomic mass is 9.94. The Morgan fingerprint density at radius 1 is 1.25 bits per heavy atom. The highest BCUT2D eigenvalue weighted by Crippen LogP contribution is 2.32. The fourth-order valence-electron chi connectivity index (χ4n) is 2.11. The van der Waals surface area contributed by atoms with Gasteiger partial charge in [0, 0.05) is 17.7 Å². The van der Waals surface area contributed by atoms with E-state index in [0.29, 0.717) is 6.42 Å². The summed E-state index contributed by atoms with van der Waals surface area (Å²) in [4.78, 5) is 11.8. The lowest BCUT2D eigenvalue weighted by molar-refractivity contribution is -0.121. The van der Waals surface area contributed by atoms with Crippen molar-refractivity contribution in [2.45, 2.75) is 19.3 Å². The van der Waals surface area contributed by atoms with Crippen molar-refractivity contribution >= 4 is 11.5 Å². The molecule has 1 N–H and O–H groups in total. The minimum Gasteiger partial charge on any atom is -0.309 e. The summed E-state index contributed by atoms with van der Waals surface area (Å²) in [6, 6.07) is 3.01. The number of carbonyl (C=O) groups excluding carboxylic acids is 1. The van der Waals surface area contributed by atoms with E-state index in [-0.39, 0.29) is 23.0 Å². The number of nitrogens with one attached hydrogen (secondary N) is 1. The molecule has 0 bridgehead atoms. The first-order valence-corrected chi connectivity index (χ1v) is 5.06. The van der Waals surface area contributed by atoms with Crippen LogP contribution in [0.25, 0.3) is 0 Å². The molecule has 1 saturated carbocycles. The third kappa shape index (κ3) is 1.75. The monoisotopic (exact) mass is 223 g/mol. The summed E-state index contributed by atoms with van der Waals surface area (Å²) < 4.78 is 26.0. The van der Waals surface area contributed by atoms with Crippen molar-refractivity contribution in [3.05, 3.63) is 35.4 Å². The van der Waals surface area contributed by atoms with E-state index in [4.69, 9.17) is 5.41 Å². The molecule has 16 heavy (non-hydrogen) atoms. The number of benzene rings is 1. The van der Waals surface area contributed by atoms with Crippen molar-refractivity contribution in [2.24, 2.45) is 5.92 Å². The molecule has 84 valence electrons. The molecule has 0 spiro atoms. The summed E-state index contributed by atoms with van der Waals surface area (Å²) in [7, 11) is 0. The van der Waals surface area contributed by atoms with Crippen molar-refractivity contribution in [3.63, 3.8) is 0 Å². The molecule has 2 rings (SSSR count). The molecule has 2 nitrogen and oxygen atoms in total. The molecule has 0 heterocycles. The van der Waals surface area contributed by atoms with E-state index in [2.05, 4.69) is 0 Å². The largest absolute Gasteiger partial charge is 0.309 e. The van der Waals surface area contributed by atoms with Gasteiger partial charge in [0.15, 0.2) is 0 Å². The number of halogens is 2. The van der Waals surface area contributed by atoms with Crippen LogP contribution in [-0.4, -0.2) is 11.5 Å². The zero-order valence-corrected chi connectivity index (χ0v) is 8.76. The zero-order chi connectivity index (χ0) is 11.9. The van der Waals surface area contributed by atoms with Crippen molar-refractivity contribution < 1.29 is 13.6 Å². The van der Waals surface area contributed by atoms with Gasteiger partial charge in [-0.05, 0) is 24.1 Å². The van der Waals surface area contributed by atoms with E-state index in [1.165, 1.54) is 0 Å². The smallest absolute Gasteiger partial charge is 0.149 e. The average Bonchev–Trinajstić information content (AvgIpc) is 2.39. The molecule has 0 saturated heterocycles. The quantitative estimate of drug-likeness (QED) is 0.781. The molecule has 0 amide bonds. The van der Waals surface area contributed by atoms with Crippen LogP contribution in [0.15, 0.2) is 18.2 Å². The first kappa shape index (κ1) is 10.9. The van der Waals surface area contributed by atoms with Gasteiger partial charge < -0.3 is 5.41 Å². The maximum atomic E-state index is 13.0. The van der Waals surface area contributed by atoms with Crippen LogP contribution >= 0.6 is 0 Å². The van der Waals surface area contributed by atoms with Gasteiger partial charge in [-0.3, -0.25) is 4.79 Å². The van der Waals surface area contributed by atoms with E-state index in [1.54, 1.807) is 6.92 Å². The van der Waals surface area contributed by atoms with Gasteiger partial charge >= 0.3 is 0 Å². The van der Waals surface area contributed by atoms with Gasteiger partial charge in [-0.2, -0.15) is 0 Å². The Kier molecular flexibility index (Phi) is 2.58. The second kappa shape index (κ2) is 3.77. The molecule has 4 heteroatoms. The molecule has 0 radical (unpaired) electrons. The molecule has 1 aromatic carbocycles. The number of Topliss-reactive ketones (excluding diaryl/α,β-unsaturated/α-hetero) is 1. The van der Waals surface area contributed by atoms with Gasteiger partial charge in [0.2, 0.25) is 0 Å². The molecule has 1 aromatic rings. The second-order valence-corrected chi connectivity index (χ2v) is 4.17. The fraction of sp³-hybridized carbons (Fsp3) is 0.333. The number of hydrogen-bond donors (Lipinski definition) is 1. The molecule has 1 fully saturated rings. The Bertz CT molecular complexity index is 450. The fourth-order valence-corrected chi connectivity index (χ4v) is 2.11. The van der Waals surface area contributed by atoms with Gasteiger partial charge in [0.25, 0.3) is 0 Å². The van der Waals surface area contributed by atoms with Crippen LogP contribution in [0.3, 0.4) is 0 Å². The van der Waals surface area contributed by atoms with Crippen LogP contribution in [0.4, 0.5) is 8.78 Å². The summed E-state index contributed by atoms with van der Waals surface area (Å²) >= 11 is 0. The molecule has 2 atom stereocenters. The maximum Gasteiger partial charge on any atom is 0.149 e. The van der Waals surface area contributed by atoms with Crippen LogP contribution < -0.4 is 0 Å². The zero-order valence-electron chi connectivity index (χ0n) is 8.76. The Morgan fingerprint density at radius 3 is 2.25 bits per heavy atom. The molecule has 1 aliphatic carbocycles. The van der Waals surface area contributed by atoms with Crippen molar-refractivity contribution in [3.8, 4) is 0 Å². The van der Waals surface area contributed by atoms with Crippen molar-refractivity contribution in [2.75, 3.05) is 0 Å². The normalized spacial score (nSPS) is 25.2. The number of carbonyl (C=O) groups is 1. The minimum atomic E-state index is -0.764. The molecule has 0 aliphatic heterocycles. The molecule has 1 aliphatic rings. The van der Waals surface area contributed by atoms with E-state index in [0.717, 1.165) is 18.2 Å². The van der Waals surface area contributed by atoms with Gasteiger partial charge in [-0.25, -0.2) is 8.78 Å². The van der Waals surface area contributed by atoms with Crippen molar-refractivity contribution in [1.82, 2.24) is 0 Å². The molecular weight excluding hydrogens is 212 g/mol. The second-order valence-electron chi connectivity index (χ2n) is 4.17. The van der Waals surface area contributed by atoms with Gasteiger partial charge in [0.05, 0.1) is 5.92 Å². The van der Waals surface area contributed by atoms with E-state index >= 15 is 0 Å². The van der Waals surface area contributed by atoms with Crippen LogP contribution in [0.5, 0.6) is 0 Å². The van der Waals surface area contributed by atoms with Crippen LogP contribution in [0, 0.1) is 23.0 Å². The van der Waals surface area contributed by atoms with Gasteiger partial charge in [-0.1, -0.05) is 6.92 Å². The lowest BCUT2D eigenvalue weighted by Gasteiger charge is -2.09. The summed E-state index contributed by atoms with van der Waals surface area (Å²) in [6.45, 7) is 1.73. The first-order valence-electron chi connectivity index (χ1n) is 5.06. The Labute approximate surface area is 91.8 Å². The predicted octanol–water partition coefficient (Wildman–Crippen LogP) is 2.68. The van der Waals surface area contributed by atoms with E-state index < -0.39 is 17.6 Å². The van der Waals surface area contributed by atoms with Gasteiger partial charge in [-0.15, -0.1) is 0 Å². The predicted molar refractivity (Wildman–Crippen MR) is 55.6 cm³/mol. The van der Waals surface area contributed by atoms with E-state index in [9.17, 15) is 13.6 Å². The highest BCUT2D eigenvalue weighted by molar-refractivity contribution is 6.15. The minimum absolute atomic E-state index is 0.130. The maximum absolute atomic E-state index is 13.0. The van der Waals surface area contributed by atoms with E-state index in [1.807, 2.05) is 0 Å². The first-order chi connectivity index (χ1) is 7.49. The third-order valence-corrected chi connectivity index (χ3v) is 2.86. The number of hydrogen-bond acceptors (Lipinski definition) is 2. The highest BCUT2D eigenvalue weighted by Gasteiger charge is 2.37. The summed E-state index contributed by atoms with van der Waals surface area (Å²) in [5.74, 6) is -2.55. The lowest BCUT2D eigenvalue weighted by Crippen LogP contribution is -2.14. The number of ketones is 1. The standard InChI is InChI=1S/C12H11F2NO/c1-6-2-10(15)11(12(6)16)7-3-8(13)5-9(14)4-7/h3-6,11,15H,2H2,1H3. The Balaban J connectivity index is 2.44. The average molecular weight is 223 g/mol. The summed E-state index contributed by atoms with van der Waals surface area (Å²) in [5.41, 5.74) is 0.486. The summed E-state index contributed by atoms with van der Waals surface area (Å²) in [6.07, 6.45) is 0.377. The molecule has 2 unspecified atom stereocenters. The molecule has 0 aromatic heterocycles. The van der Waals surface area contributed by atoms with Crippen LogP contribution in [-0.2, 0) is 4.79 Å². The van der Waals surface area contributed by atoms with Gasteiger partial charge in [0.1, 0.15) is 17.4 Å². The number of rotatable bonds is 1. The highest BCUT2D eigenvalue weighted by atomic mass is 19.1. The van der Waals surface area contributed by atoms with Crippen molar-refractivity contribution in [1.29, 1.82) is 5.41 Å². The SMILES string of the molecule is CC1CC(=N)C(c2cc(F)cc(F)c2)C1=O. The third-order valence-electron chi connectivity index (χ3n) is 2.86. The Morgan fingerprint density at radius 2 is 1.81 bits per heavy atom. The molecular formula is C12H11F2NO.